The molecule has 1 amide bonds. The lowest BCUT2D eigenvalue weighted by Crippen LogP contribution is -2.24. The van der Waals surface area contributed by atoms with Gasteiger partial charge in [-0.15, -0.1) is 0 Å². The summed E-state index contributed by atoms with van der Waals surface area (Å²) in [5.74, 6) is 0.905. The average molecular weight is 318 g/mol. The Morgan fingerprint density at radius 1 is 1.35 bits per heavy atom. The van der Waals surface area contributed by atoms with Gasteiger partial charge >= 0.3 is 0 Å². The van der Waals surface area contributed by atoms with E-state index in [4.69, 9.17) is 4.42 Å². The van der Waals surface area contributed by atoms with E-state index in [1.165, 1.54) is 18.2 Å². The van der Waals surface area contributed by atoms with Crippen LogP contribution >= 0.6 is 0 Å². The third kappa shape index (κ3) is 4.65. The second kappa shape index (κ2) is 6.94. The number of amides is 1. The van der Waals surface area contributed by atoms with Crippen LogP contribution in [0.4, 0.5) is 4.39 Å². The van der Waals surface area contributed by atoms with E-state index < -0.39 is 5.82 Å². The van der Waals surface area contributed by atoms with E-state index in [-0.39, 0.29) is 11.3 Å². The van der Waals surface area contributed by atoms with E-state index in [0.717, 1.165) is 23.8 Å². The van der Waals surface area contributed by atoms with Crippen LogP contribution in [-0.4, -0.2) is 17.4 Å². The smallest absolute Gasteiger partial charge is 0.251 e. The Kier molecular flexibility index (Phi) is 5.19. The van der Waals surface area contributed by atoms with Crippen LogP contribution in [-0.2, 0) is 11.8 Å². The zero-order valence-electron chi connectivity index (χ0n) is 14.1. The summed E-state index contributed by atoms with van der Waals surface area (Å²) >= 11 is 0. The molecule has 124 valence electrons. The molecule has 0 spiro atoms. The molecule has 4 nitrogen and oxygen atoms in total. The zero-order chi connectivity index (χ0) is 17.0. The second-order valence-corrected chi connectivity index (χ2v) is 6.65. The van der Waals surface area contributed by atoms with E-state index in [1.807, 2.05) is 6.92 Å². The van der Waals surface area contributed by atoms with Crippen LogP contribution in [0.15, 0.2) is 28.7 Å². The van der Waals surface area contributed by atoms with Gasteiger partial charge in [-0.1, -0.05) is 26.8 Å². The number of aromatic nitrogens is 1. The van der Waals surface area contributed by atoms with Gasteiger partial charge in [0.05, 0.1) is 5.69 Å². The van der Waals surface area contributed by atoms with Gasteiger partial charge < -0.3 is 9.73 Å². The lowest BCUT2D eigenvalue weighted by molar-refractivity contribution is 0.0952. The second-order valence-electron chi connectivity index (χ2n) is 6.65. The quantitative estimate of drug-likeness (QED) is 0.854. The maximum atomic E-state index is 13.1. The molecule has 1 N–H and O–H groups in total. The monoisotopic (exact) mass is 318 g/mol. The summed E-state index contributed by atoms with van der Waals surface area (Å²) < 4.78 is 18.9. The number of carbonyl (C=O) groups is 1. The van der Waals surface area contributed by atoms with E-state index in [9.17, 15) is 9.18 Å². The molecule has 1 heterocycles. The highest BCUT2D eigenvalue weighted by molar-refractivity contribution is 5.94. The molecule has 5 heteroatoms. The number of halogens is 1. The number of oxazole rings is 1. The van der Waals surface area contributed by atoms with Crippen LogP contribution in [0.1, 0.15) is 54.9 Å². The molecule has 0 unspecified atom stereocenters. The first kappa shape index (κ1) is 17.2. The van der Waals surface area contributed by atoms with Gasteiger partial charge in [0.15, 0.2) is 5.89 Å². The molecule has 23 heavy (non-hydrogen) atoms. The molecule has 1 aromatic heterocycles. The normalized spacial score (nSPS) is 11.5. The Morgan fingerprint density at radius 2 is 2.09 bits per heavy atom. The molecule has 0 aliphatic heterocycles. The lowest BCUT2D eigenvalue weighted by Gasteiger charge is -2.12. The van der Waals surface area contributed by atoms with E-state index in [1.54, 1.807) is 6.07 Å². The molecule has 1 aromatic carbocycles. The summed E-state index contributed by atoms with van der Waals surface area (Å²) in [6.45, 7) is 8.60. The van der Waals surface area contributed by atoms with Crippen molar-refractivity contribution in [1.29, 1.82) is 0 Å². The number of nitrogens with one attached hydrogen (secondary N) is 1. The van der Waals surface area contributed by atoms with Crippen LogP contribution in [0, 0.1) is 12.7 Å². The highest BCUT2D eigenvalue weighted by Crippen LogP contribution is 2.24. The van der Waals surface area contributed by atoms with Crippen LogP contribution in [0.5, 0.6) is 0 Å². The number of aryl methyl sites for hydroxylation is 2. The maximum Gasteiger partial charge on any atom is 0.251 e. The summed E-state index contributed by atoms with van der Waals surface area (Å²) in [5.41, 5.74) is 1.11. The summed E-state index contributed by atoms with van der Waals surface area (Å²) in [5, 5.41) is 2.79. The van der Waals surface area contributed by atoms with Crippen molar-refractivity contribution < 1.29 is 13.6 Å². The topological polar surface area (TPSA) is 55.1 Å². The number of nitrogens with zero attached hydrogens (tertiary/aromatic N) is 1. The van der Waals surface area contributed by atoms with Gasteiger partial charge in [-0.2, -0.15) is 0 Å². The molecular formula is C18H23FN2O2. The van der Waals surface area contributed by atoms with Crippen LogP contribution in [0.25, 0.3) is 0 Å². The molecule has 0 aliphatic carbocycles. The van der Waals surface area contributed by atoms with E-state index in [2.05, 4.69) is 31.1 Å². The van der Waals surface area contributed by atoms with Crippen LogP contribution in [0.2, 0.25) is 0 Å². The van der Waals surface area contributed by atoms with Crippen molar-refractivity contribution in [2.75, 3.05) is 6.54 Å². The number of hydrogen-bond donors (Lipinski definition) is 1. The van der Waals surface area contributed by atoms with Gasteiger partial charge in [0.1, 0.15) is 11.6 Å². The molecule has 0 fully saturated rings. The first-order valence-electron chi connectivity index (χ1n) is 7.78. The van der Waals surface area contributed by atoms with Gasteiger partial charge in [-0.3, -0.25) is 4.79 Å². The first-order valence-corrected chi connectivity index (χ1v) is 7.78. The first-order chi connectivity index (χ1) is 10.8. The predicted octanol–water partition coefficient (Wildman–Crippen LogP) is 3.78. The predicted molar refractivity (Wildman–Crippen MR) is 87.0 cm³/mol. The Morgan fingerprint density at radius 3 is 2.70 bits per heavy atom. The van der Waals surface area contributed by atoms with Crippen molar-refractivity contribution in [2.45, 2.75) is 46.0 Å². The molecule has 0 radical (unpaired) electrons. The summed E-state index contributed by atoms with van der Waals surface area (Å²) in [6.07, 6.45) is 1.44. The number of rotatable bonds is 5. The Hall–Kier alpha value is -2.17. The number of carbonyl (C=O) groups excluding carboxylic acids is 1. The Bertz CT molecular complexity index is 687. The molecule has 0 aliphatic rings. The van der Waals surface area contributed by atoms with E-state index >= 15 is 0 Å². The summed E-state index contributed by atoms with van der Waals surface area (Å²) in [4.78, 5) is 16.4. The SMILES string of the molecule is Cc1nc(C(C)(C)C)oc1CCCNC(=O)c1cccc(F)c1. The zero-order valence-corrected chi connectivity index (χ0v) is 14.1. The molecule has 2 aromatic rings. The van der Waals surface area contributed by atoms with Gasteiger partial charge in [-0.25, -0.2) is 9.37 Å². The largest absolute Gasteiger partial charge is 0.445 e. The molecular weight excluding hydrogens is 295 g/mol. The molecule has 0 saturated heterocycles. The minimum absolute atomic E-state index is 0.116. The van der Waals surface area contributed by atoms with Crippen molar-refractivity contribution in [3.63, 3.8) is 0 Å². The fourth-order valence-electron chi connectivity index (χ4n) is 2.16. The van der Waals surface area contributed by atoms with Crippen LogP contribution in [0.3, 0.4) is 0 Å². The van der Waals surface area contributed by atoms with Crippen molar-refractivity contribution in [3.05, 3.63) is 53.0 Å². The van der Waals surface area contributed by atoms with Gasteiger partial charge in [-0.05, 0) is 31.5 Å². The van der Waals surface area contributed by atoms with E-state index in [0.29, 0.717) is 18.5 Å². The molecule has 2 rings (SSSR count). The fourth-order valence-corrected chi connectivity index (χ4v) is 2.16. The third-order valence-electron chi connectivity index (χ3n) is 3.49. The molecule has 0 bridgehead atoms. The van der Waals surface area contributed by atoms with Crippen molar-refractivity contribution >= 4 is 5.91 Å². The third-order valence-corrected chi connectivity index (χ3v) is 3.49. The minimum atomic E-state index is -0.412. The van der Waals surface area contributed by atoms with Gasteiger partial charge in [0.25, 0.3) is 5.91 Å². The number of benzene rings is 1. The van der Waals surface area contributed by atoms with Crippen LogP contribution < -0.4 is 5.32 Å². The highest BCUT2D eigenvalue weighted by Gasteiger charge is 2.22. The van der Waals surface area contributed by atoms with Gasteiger partial charge in [0, 0.05) is 23.9 Å². The summed E-state index contributed by atoms with van der Waals surface area (Å²) in [6, 6.07) is 5.66. The Balaban J connectivity index is 1.84. The minimum Gasteiger partial charge on any atom is -0.445 e. The highest BCUT2D eigenvalue weighted by atomic mass is 19.1. The maximum absolute atomic E-state index is 13.1. The summed E-state index contributed by atoms with van der Waals surface area (Å²) in [7, 11) is 0. The fraction of sp³-hybridized carbons (Fsp3) is 0.444. The van der Waals surface area contributed by atoms with Crippen molar-refractivity contribution in [1.82, 2.24) is 10.3 Å². The molecule has 0 atom stereocenters. The standard InChI is InChI=1S/C18H23FN2O2/c1-12-15(23-17(21-12)18(2,3)4)9-6-10-20-16(22)13-7-5-8-14(19)11-13/h5,7-8,11H,6,9-10H2,1-4H3,(H,20,22). The lowest BCUT2D eigenvalue weighted by atomic mass is 9.97. The van der Waals surface area contributed by atoms with Crippen molar-refractivity contribution in [3.8, 4) is 0 Å². The van der Waals surface area contributed by atoms with Gasteiger partial charge in [0.2, 0.25) is 0 Å². The molecule has 0 saturated carbocycles. The Labute approximate surface area is 136 Å². The van der Waals surface area contributed by atoms with Crippen molar-refractivity contribution in [2.24, 2.45) is 0 Å². The number of hydrogen-bond acceptors (Lipinski definition) is 3. The average Bonchev–Trinajstić information content (AvgIpc) is 2.85.